The topological polar surface area (TPSA) is 32.6 Å². The van der Waals surface area contributed by atoms with Crippen LogP contribution in [0.3, 0.4) is 0 Å². The highest BCUT2D eigenvalue weighted by Gasteiger charge is 2.04. The first-order valence-corrected chi connectivity index (χ1v) is 4.22. The van der Waals surface area contributed by atoms with Crippen LogP contribution in [0, 0.1) is 5.82 Å². The molecule has 13 heavy (non-hydrogen) atoms. The monoisotopic (exact) mass is 201 g/mol. The van der Waals surface area contributed by atoms with E-state index in [2.05, 4.69) is 5.16 Å². The molecule has 0 aliphatic heterocycles. The number of oxime groups is 1. The van der Waals surface area contributed by atoms with Gasteiger partial charge in [0, 0.05) is 16.8 Å². The zero-order chi connectivity index (χ0) is 9.68. The molecule has 2 nitrogen and oxygen atoms in total. The lowest BCUT2D eigenvalue weighted by atomic mass is 10.1. The van der Waals surface area contributed by atoms with Gasteiger partial charge in [0.25, 0.3) is 0 Å². The first kappa shape index (κ1) is 9.99. The van der Waals surface area contributed by atoms with E-state index in [-0.39, 0.29) is 5.82 Å². The number of nitrogens with zero attached hydrogens (tertiary/aromatic N) is 1. The fraction of sp³-hybridized carbons (Fsp3) is 0.222. The van der Waals surface area contributed by atoms with Gasteiger partial charge in [0.1, 0.15) is 5.82 Å². The van der Waals surface area contributed by atoms with Crippen LogP contribution in [0.5, 0.6) is 0 Å². The molecule has 1 N–H and O–H groups in total. The van der Waals surface area contributed by atoms with Crippen molar-refractivity contribution in [1.82, 2.24) is 0 Å². The normalized spacial score (nSPS) is 10.9. The second-order valence-electron chi connectivity index (χ2n) is 2.54. The number of rotatable bonds is 3. The van der Waals surface area contributed by atoms with Gasteiger partial charge in [-0.15, -0.1) is 5.16 Å². The van der Waals surface area contributed by atoms with E-state index >= 15 is 0 Å². The first-order valence-electron chi connectivity index (χ1n) is 3.84. The summed E-state index contributed by atoms with van der Waals surface area (Å²) >= 11 is 5.76. The van der Waals surface area contributed by atoms with Gasteiger partial charge in [-0.25, -0.2) is 4.39 Å². The molecule has 0 amide bonds. The highest BCUT2D eigenvalue weighted by molar-refractivity contribution is 6.31. The second kappa shape index (κ2) is 4.82. The first-order chi connectivity index (χ1) is 6.25. The minimum absolute atomic E-state index is 0.321. The molecule has 0 aromatic heterocycles. The van der Waals surface area contributed by atoms with Crippen molar-refractivity contribution in [3.8, 4) is 0 Å². The van der Waals surface area contributed by atoms with Crippen molar-refractivity contribution in [2.45, 2.75) is 12.8 Å². The van der Waals surface area contributed by atoms with E-state index in [1.54, 1.807) is 12.1 Å². The Morgan fingerprint density at radius 3 is 2.92 bits per heavy atom. The fourth-order valence-electron chi connectivity index (χ4n) is 1.04. The molecule has 0 bridgehead atoms. The van der Waals surface area contributed by atoms with E-state index < -0.39 is 0 Å². The minimum Gasteiger partial charge on any atom is -0.411 e. The van der Waals surface area contributed by atoms with Crippen molar-refractivity contribution in [3.05, 3.63) is 34.6 Å². The van der Waals surface area contributed by atoms with E-state index in [0.717, 1.165) is 0 Å². The Kier molecular flexibility index (Phi) is 3.71. The predicted molar refractivity (Wildman–Crippen MR) is 50.0 cm³/mol. The SMILES string of the molecule is ON=CCCc1c(F)cccc1Cl. The van der Waals surface area contributed by atoms with Crippen molar-refractivity contribution in [3.63, 3.8) is 0 Å². The summed E-state index contributed by atoms with van der Waals surface area (Å²) in [7, 11) is 0. The van der Waals surface area contributed by atoms with Crippen molar-refractivity contribution >= 4 is 17.8 Å². The zero-order valence-corrected chi connectivity index (χ0v) is 7.63. The van der Waals surface area contributed by atoms with Gasteiger partial charge in [-0.2, -0.15) is 0 Å². The van der Waals surface area contributed by atoms with Crippen LogP contribution in [0.1, 0.15) is 12.0 Å². The third-order valence-electron chi connectivity index (χ3n) is 1.67. The van der Waals surface area contributed by atoms with Gasteiger partial charge in [-0.1, -0.05) is 17.7 Å². The number of hydrogen-bond donors (Lipinski definition) is 1. The molecule has 70 valence electrons. The smallest absolute Gasteiger partial charge is 0.127 e. The summed E-state index contributed by atoms with van der Waals surface area (Å²) in [4.78, 5) is 0. The summed E-state index contributed by atoms with van der Waals surface area (Å²) in [6.07, 6.45) is 2.22. The van der Waals surface area contributed by atoms with Crippen LogP contribution in [-0.4, -0.2) is 11.4 Å². The van der Waals surface area contributed by atoms with Gasteiger partial charge in [-0.3, -0.25) is 0 Å². The lowest BCUT2D eigenvalue weighted by molar-refractivity contribution is 0.320. The van der Waals surface area contributed by atoms with Crippen molar-refractivity contribution in [1.29, 1.82) is 0 Å². The number of halogens is 2. The van der Waals surface area contributed by atoms with Crippen molar-refractivity contribution in [2.24, 2.45) is 5.16 Å². The van der Waals surface area contributed by atoms with Gasteiger partial charge in [0.15, 0.2) is 0 Å². The molecule has 0 spiro atoms. The molecule has 0 saturated heterocycles. The molecule has 1 aromatic rings. The molecule has 0 saturated carbocycles. The molecule has 0 heterocycles. The molecule has 0 atom stereocenters. The van der Waals surface area contributed by atoms with Gasteiger partial charge in [0.05, 0.1) is 0 Å². The molecular formula is C9H9ClFNO. The summed E-state index contributed by atoms with van der Waals surface area (Å²) < 4.78 is 13.1. The highest BCUT2D eigenvalue weighted by atomic mass is 35.5. The van der Waals surface area contributed by atoms with Crippen LogP contribution in [0.15, 0.2) is 23.4 Å². The average Bonchev–Trinajstić information content (AvgIpc) is 2.10. The minimum atomic E-state index is -0.321. The Bertz CT molecular complexity index is 294. The van der Waals surface area contributed by atoms with Gasteiger partial charge in [0.2, 0.25) is 0 Å². The van der Waals surface area contributed by atoms with Gasteiger partial charge < -0.3 is 5.21 Å². The molecule has 0 unspecified atom stereocenters. The molecule has 4 heteroatoms. The van der Waals surface area contributed by atoms with Crippen LogP contribution >= 0.6 is 11.6 Å². The average molecular weight is 202 g/mol. The maximum Gasteiger partial charge on any atom is 0.127 e. The third-order valence-corrected chi connectivity index (χ3v) is 2.02. The summed E-state index contributed by atoms with van der Waals surface area (Å²) in [6, 6.07) is 4.55. The van der Waals surface area contributed by atoms with Crippen molar-refractivity contribution < 1.29 is 9.60 Å². The van der Waals surface area contributed by atoms with Crippen LogP contribution < -0.4 is 0 Å². The molecule has 0 fully saturated rings. The second-order valence-corrected chi connectivity index (χ2v) is 2.94. The third kappa shape index (κ3) is 2.70. The largest absolute Gasteiger partial charge is 0.411 e. The van der Waals surface area contributed by atoms with Crippen LogP contribution in [0.25, 0.3) is 0 Å². The highest BCUT2D eigenvalue weighted by Crippen LogP contribution is 2.19. The van der Waals surface area contributed by atoms with Crippen LogP contribution in [-0.2, 0) is 6.42 Å². The Balaban J connectivity index is 2.75. The molecule has 1 rings (SSSR count). The van der Waals surface area contributed by atoms with Crippen LogP contribution in [0.4, 0.5) is 4.39 Å². The lowest BCUT2D eigenvalue weighted by Gasteiger charge is -2.02. The Morgan fingerprint density at radius 2 is 2.31 bits per heavy atom. The molecule has 0 aliphatic carbocycles. The number of hydrogen-bond acceptors (Lipinski definition) is 2. The van der Waals surface area contributed by atoms with E-state index in [1.807, 2.05) is 0 Å². The fourth-order valence-corrected chi connectivity index (χ4v) is 1.30. The maximum atomic E-state index is 13.1. The van der Waals surface area contributed by atoms with E-state index in [1.165, 1.54) is 12.3 Å². The van der Waals surface area contributed by atoms with Gasteiger partial charge in [-0.05, 0) is 25.0 Å². The Labute approximate surface area is 80.6 Å². The van der Waals surface area contributed by atoms with Crippen molar-refractivity contribution in [2.75, 3.05) is 0 Å². The predicted octanol–water partition coefficient (Wildman–Crippen LogP) is 2.87. The van der Waals surface area contributed by atoms with Crippen LogP contribution in [0.2, 0.25) is 5.02 Å². The van der Waals surface area contributed by atoms with Gasteiger partial charge >= 0.3 is 0 Å². The Morgan fingerprint density at radius 1 is 1.54 bits per heavy atom. The molecule has 0 aliphatic rings. The number of benzene rings is 1. The van der Waals surface area contributed by atoms with E-state index in [9.17, 15) is 4.39 Å². The Hall–Kier alpha value is -1.09. The van der Waals surface area contributed by atoms with E-state index in [0.29, 0.717) is 23.4 Å². The molecule has 1 aromatic carbocycles. The molecular weight excluding hydrogens is 193 g/mol. The summed E-state index contributed by atoms with van der Waals surface area (Å²) in [5.74, 6) is -0.321. The standard InChI is InChI=1S/C9H9ClFNO/c10-8-4-1-5-9(11)7(8)3-2-6-12-13/h1,4-6,13H,2-3H2. The summed E-state index contributed by atoms with van der Waals surface area (Å²) in [5, 5.41) is 11.4. The summed E-state index contributed by atoms with van der Waals surface area (Å²) in [6.45, 7) is 0. The quantitative estimate of drug-likeness (QED) is 0.455. The van der Waals surface area contributed by atoms with E-state index in [4.69, 9.17) is 16.8 Å². The molecule has 0 radical (unpaired) electrons. The zero-order valence-electron chi connectivity index (χ0n) is 6.87. The summed E-state index contributed by atoms with van der Waals surface area (Å²) in [5.41, 5.74) is 0.462. The maximum absolute atomic E-state index is 13.1. The lowest BCUT2D eigenvalue weighted by Crippen LogP contribution is -1.92.